The lowest BCUT2D eigenvalue weighted by atomic mass is 10.1. The van der Waals surface area contributed by atoms with Gasteiger partial charge >= 0.3 is 5.97 Å². The first-order valence-electron chi connectivity index (χ1n) is 6.99. The fourth-order valence-corrected chi connectivity index (χ4v) is 2.50. The normalized spacial score (nSPS) is 19.2. The summed E-state index contributed by atoms with van der Waals surface area (Å²) in [6.07, 6.45) is 3.28. The van der Waals surface area contributed by atoms with Crippen molar-refractivity contribution in [1.82, 2.24) is 4.90 Å². The molecule has 108 valence electrons. The number of benzene rings is 1. The molecule has 0 spiro atoms. The van der Waals surface area contributed by atoms with Crippen LogP contribution in [0.1, 0.15) is 25.7 Å². The van der Waals surface area contributed by atoms with E-state index in [9.17, 15) is 14.7 Å². The van der Waals surface area contributed by atoms with Gasteiger partial charge in [-0.25, -0.2) is 4.79 Å². The molecule has 1 aliphatic heterocycles. The average Bonchev–Trinajstić information content (AvgIpc) is 2.71. The van der Waals surface area contributed by atoms with E-state index < -0.39 is 12.0 Å². The Hall–Kier alpha value is -2.04. The second-order valence-electron chi connectivity index (χ2n) is 5.01. The van der Waals surface area contributed by atoms with Gasteiger partial charge in [0, 0.05) is 12.2 Å². The van der Waals surface area contributed by atoms with E-state index in [2.05, 4.69) is 5.32 Å². The third kappa shape index (κ3) is 3.73. The predicted octanol–water partition coefficient (Wildman–Crippen LogP) is 1.95. The molecule has 1 heterocycles. The molecule has 2 rings (SSSR count). The summed E-state index contributed by atoms with van der Waals surface area (Å²) in [5.74, 6) is -1.05. The van der Waals surface area contributed by atoms with Gasteiger partial charge in [-0.15, -0.1) is 0 Å². The van der Waals surface area contributed by atoms with Gasteiger partial charge in [0.2, 0.25) is 5.91 Å². The van der Waals surface area contributed by atoms with Gasteiger partial charge in [-0.2, -0.15) is 0 Å². The molecule has 1 fully saturated rings. The fourth-order valence-electron chi connectivity index (χ4n) is 2.50. The topological polar surface area (TPSA) is 69.6 Å². The Morgan fingerprint density at radius 3 is 2.65 bits per heavy atom. The molecule has 1 atom stereocenters. The molecular formula is C15H20N2O3. The highest BCUT2D eigenvalue weighted by Crippen LogP contribution is 2.17. The number of anilines is 1. The number of carbonyl (C=O) groups is 2. The van der Waals surface area contributed by atoms with Crippen LogP contribution in [0.4, 0.5) is 5.69 Å². The van der Waals surface area contributed by atoms with Crippen molar-refractivity contribution >= 4 is 17.6 Å². The van der Waals surface area contributed by atoms with Crippen molar-refractivity contribution in [1.29, 1.82) is 0 Å². The number of carbonyl (C=O) groups excluding carboxylic acids is 1. The predicted molar refractivity (Wildman–Crippen MR) is 76.5 cm³/mol. The first-order valence-corrected chi connectivity index (χ1v) is 6.99. The number of hydrogen-bond donors (Lipinski definition) is 2. The minimum atomic E-state index is -0.903. The molecule has 5 nitrogen and oxygen atoms in total. The third-order valence-electron chi connectivity index (χ3n) is 3.58. The molecule has 0 radical (unpaired) electrons. The summed E-state index contributed by atoms with van der Waals surface area (Å²) >= 11 is 0. The minimum absolute atomic E-state index is 0.133. The zero-order valence-corrected chi connectivity index (χ0v) is 11.4. The Morgan fingerprint density at radius 2 is 1.95 bits per heavy atom. The highest BCUT2D eigenvalue weighted by atomic mass is 16.4. The fraction of sp³-hybridized carbons (Fsp3) is 0.467. The standard InChI is InChI=1S/C15H20N2O3/c18-14(11-16-12-7-3-1-4-8-12)17-10-6-2-5-9-13(17)15(19)20/h1,3-4,7-8,13,16H,2,5-6,9-11H2,(H,19,20). The number of nitrogens with zero attached hydrogens (tertiary/aromatic N) is 1. The van der Waals surface area contributed by atoms with Crippen LogP contribution in [0.2, 0.25) is 0 Å². The van der Waals surface area contributed by atoms with Gasteiger partial charge in [0.25, 0.3) is 0 Å². The zero-order chi connectivity index (χ0) is 14.4. The van der Waals surface area contributed by atoms with Crippen LogP contribution in [-0.2, 0) is 9.59 Å². The van der Waals surface area contributed by atoms with Crippen molar-refractivity contribution in [2.45, 2.75) is 31.7 Å². The highest BCUT2D eigenvalue weighted by Gasteiger charge is 2.30. The largest absolute Gasteiger partial charge is 0.480 e. The van der Waals surface area contributed by atoms with Crippen LogP contribution >= 0.6 is 0 Å². The van der Waals surface area contributed by atoms with Gasteiger partial charge in [-0.3, -0.25) is 4.79 Å². The van der Waals surface area contributed by atoms with E-state index >= 15 is 0 Å². The maximum absolute atomic E-state index is 12.2. The van der Waals surface area contributed by atoms with Crippen LogP contribution < -0.4 is 5.32 Å². The number of hydrogen-bond acceptors (Lipinski definition) is 3. The van der Waals surface area contributed by atoms with E-state index in [4.69, 9.17) is 0 Å². The SMILES string of the molecule is O=C(O)C1CCCCCN1C(=O)CNc1ccccc1. The molecule has 20 heavy (non-hydrogen) atoms. The molecule has 1 unspecified atom stereocenters. The Morgan fingerprint density at radius 1 is 1.20 bits per heavy atom. The number of aliphatic carboxylic acids is 1. The van der Waals surface area contributed by atoms with Crippen molar-refractivity contribution < 1.29 is 14.7 Å². The molecule has 0 saturated carbocycles. The number of carboxylic acid groups (broad SMARTS) is 1. The number of likely N-dealkylation sites (tertiary alicyclic amines) is 1. The van der Waals surface area contributed by atoms with Gasteiger partial charge in [0.05, 0.1) is 6.54 Å². The number of nitrogens with one attached hydrogen (secondary N) is 1. The summed E-state index contributed by atoms with van der Waals surface area (Å²) < 4.78 is 0. The van der Waals surface area contributed by atoms with Crippen molar-refractivity contribution in [3.05, 3.63) is 30.3 Å². The van der Waals surface area contributed by atoms with Gasteiger partial charge in [0.15, 0.2) is 0 Å². The molecule has 0 aromatic heterocycles. The van der Waals surface area contributed by atoms with Crippen molar-refractivity contribution in [2.24, 2.45) is 0 Å². The van der Waals surface area contributed by atoms with Crippen LogP contribution in [-0.4, -0.2) is 41.0 Å². The quantitative estimate of drug-likeness (QED) is 0.882. The third-order valence-corrected chi connectivity index (χ3v) is 3.58. The van der Waals surface area contributed by atoms with E-state index in [1.54, 1.807) is 0 Å². The van der Waals surface area contributed by atoms with Crippen molar-refractivity contribution in [2.75, 3.05) is 18.4 Å². The summed E-state index contributed by atoms with van der Waals surface area (Å²) in [5, 5.41) is 12.3. The monoisotopic (exact) mass is 276 g/mol. The van der Waals surface area contributed by atoms with Crippen LogP contribution in [0.3, 0.4) is 0 Å². The van der Waals surface area contributed by atoms with Gasteiger partial charge in [-0.1, -0.05) is 31.0 Å². The summed E-state index contributed by atoms with van der Waals surface area (Å²) in [6, 6.07) is 8.76. The van der Waals surface area contributed by atoms with Gasteiger partial charge in [0.1, 0.15) is 6.04 Å². The number of rotatable bonds is 4. The van der Waals surface area contributed by atoms with Crippen LogP contribution in [0.15, 0.2) is 30.3 Å². The Kier molecular flexibility index (Phi) is 4.98. The summed E-state index contributed by atoms with van der Waals surface area (Å²) in [6.45, 7) is 0.667. The lowest BCUT2D eigenvalue weighted by molar-refractivity contribution is -0.149. The molecule has 1 amide bonds. The lowest BCUT2D eigenvalue weighted by Gasteiger charge is -2.27. The summed E-state index contributed by atoms with van der Waals surface area (Å²) in [5.41, 5.74) is 0.863. The zero-order valence-electron chi connectivity index (χ0n) is 11.4. The molecule has 0 aliphatic carbocycles. The first-order chi connectivity index (χ1) is 9.68. The van der Waals surface area contributed by atoms with E-state index in [-0.39, 0.29) is 12.5 Å². The number of carboxylic acids is 1. The molecule has 5 heteroatoms. The maximum Gasteiger partial charge on any atom is 0.326 e. The minimum Gasteiger partial charge on any atom is -0.480 e. The first kappa shape index (κ1) is 14.4. The Labute approximate surface area is 118 Å². The van der Waals surface area contributed by atoms with E-state index in [1.807, 2.05) is 30.3 Å². The molecule has 1 saturated heterocycles. The lowest BCUT2D eigenvalue weighted by Crippen LogP contribution is -2.46. The molecule has 1 aliphatic rings. The van der Waals surface area contributed by atoms with Crippen LogP contribution in [0, 0.1) is 0 Å². The number of amides is 1. The van der Waals surface area contributed by atoms with Gasteiger partial charge < -0.3 is 15.3 Å². The highest BCUT2D eigenvalue weighted by molar-refractivity contribution is 5.86. The number of para-hydroxylation sites is 1. The van der Waals surface area contributed by atoms with E-state index in [0.717, 1.165) is 24.9 Å². The van der Waals surface area contributed by atoms with Crippen molar-refractivity contribution in [3.8, 4) is 0 Å². The Bertz CT molecular complexity index is 461. The maximum atomic E-state index is 12.2. The Balaban J connectivity index is 1.96. The van der Waals surface area contributed by atoms with Gasteiger partial charge in [-0.05, 0) is 25.0 Å². The summed E-state index contributed by atoms with van der Waals surface area (Å²) in [4.78, 5) is 25.0. The molecule has 2 N–H and O–H groups in total. The molecule has 0 bridgehead atoms. The second-order valence-corrected chi connectivity index (χ2v) is 5.01. The van der Waals surface area contributed by atoms with Crippen LogP contribution in [0.5, 0.6) is 0 Å². The van der Waals surface area contributed by atoms with Crippen LogP contribution in [0.25, 0.3) is 0 Å². The average molecular weight is 276 g/mol. The van der Waals surface area contributed by atoms with Crippen molar-refractivity contribution in [3.63, 3.8) is 0 Å². The molecule has 1 aromatic rings. The van der Waals surface area contributed by atoms with E-state index in [1.165, 1.54) is 4.90 Å². The molecular weight excluding hydrogens is 256 g/mol. The second kappa shape index (κ2) is 6.93. The smallest absolute Gasteiger partial charge is 0.326 e. The van der Waals surface area contributed by atoms with E-state index in [0.29, 0.717) is 13.0 Å². The molecule has 1 aromatic carbocycles. The summed E-state index contributed by atoms with van der Waals surface area (Å²) in [7, 11) is 0.